The van der Waals surface area contributed by atoms with Crippen LogP contribution in [0, 0.1) is 0 Å². The van der Waals surface area contributed by atoms with Gasteiger partial charge < -0.3 is 9.47 Å². The molecule has 1 aromatic rings. The molecular formula is C12H17BrClNO4S. The summed E-state index contributed by atoms with van der Waals surface area (Å²) < 4.78 is 37.4. The molecule has 0 saturated heterocycles. The van der Waals surface area contributed by atoms with Crippen LogP contribution in [0.1, 0.15) is 5.56 Å². The van der Waals surface area contributed by atoms with E-state index in [0.29, 0.717) is 17.0 Å². The van der Waals surface area contributed by atoms with Gasteiger partial charge in [-0.1, -0.05) is 6.07 Å². The normalized spacial score (nSPS) is 13.4. The number of benzene rings is 1. The van der Waals surface area contributed by atoms with E-state index in [-0.39, 0.29) is 17.5 Å². The third-order valence-corrected chi connectivity index (χ3v) is 5.34. The molecule has 1 atom stereocenters. The lowest BCUT2D eigenvalue weighted by atomic mass is 10.2. The zero-order valence-corrected chi connectivity index (χ0v) is 14.4. The Hall–Kier alpha value is -0.180. The maximum atomic E-state index is 12.2. The summed E-state index contributed by atoms with van der Waals surface area (Å²) in [5, 5.41) is 0. The zero-order chi connectivity index (χ0) is 15.2. The molecule has 0 aromatic heterocycles. The molecule has 5 nitrogen and oxygen atoms in total. The topological polar surface area (TPSA) is 64.6 Å². The molecule has 0 bridgehead atoms. The summed E-state index contributed by atoms with van der Waals surface area (Å²) in [7, 11) is -0.582. The first-order chi connectivity index (χ1) is 9.44. The van der Waals surface area contributed by atoms with Gasteiger partial charge in [-0.15, -0.1) is 11.6 Å². The predicted molar refractivity (Wildman–Crippen MR) is 81.6 cm³/mol. The second-order valence-electron chi connectivity index (χ2n) is 4.06. The second kappa shape index (κ2) is 8.31. The predicted octanol–water partition coefficient (Wildman–Crippen LogP) is 2.13. The van der Waals surface area contributed by atoms with E-state index in [2.05, 4.69) is 20.7 Å². The summed E-state index contributed by atoms with van der Waals surface area (Å²) in [6.07, 6.45) is -0.337. The van der Waals surface area contributed by atoms with E-state index in [4.69, 9.17) is 21.1 Å². The summed E-state index contributed by atoms with van der Waals surface area (Å²) >= 11 is 8.95. The summed E-state index contributed by atoms with van der Waals surface area (Å²) in [6, 6.07) is 4.88. The number of hydrogen-bond donors (Lipinski definition) is 1. The number of rotatable bonds is 8. The van der Waals surface area contributed by atoms with E-state index in [1.807, 2.05) is 0 Å². The molecule has 0 aliphatic heterocycles. The average molecular weight is 387 g/mol. The summed E-state index contributed by atoms with van der Waals surface area (Å²) in [6.45, 7) is 0.446. The van der Waals surface area contributed by atoms with Crippen LogP contribution in [0.5, 0.6) is 0 Å². The van der Waals surface area contributed by atoms with E-state index in [1.54, 1.807) is 12.1 Å². The molecule has 0 amide bonds. The molecule has 0 saturated carbocycles. The van der Waals surface area contributed by atoms with Crippen LogP contribution >= 0.6 is 27.5 Å². The lowest BCUT2D eigenvalue weighted by molar-refractivity contribution is 0.0320. The van der Waals surface area contributed by atoms with Crippen molar-refractivity contribution in [2.45, 2.75) is 16.9 Å². The molecule has 0 spiro atoms. The van der Waals surface area contributed by atoms with Crippen molar-refractivity contribution in [2.75, 3.05) is 27.4 Å². The highest BCUT2D eigenvalue weighted by molar-refractivity contribution is 9.10. The van der Waals surface area contributed by atoms with Crippen LogP contribution < -0.4 is 4.72 Å². The van der Waals surface area contributed by atoms with E-state index in [9.17, 15) is 8.42 Å². The van der Waals surface area contributed by atoms with Gasteiger partial charge in [0.05, 0.1) is 17.6 Å². The van der Waals surface area contributed by atoms with Crippen molar-refractivity contribution in [3.8, 4) is 0 Å². The Labute approximate surface area is 132 Å². The quantitative estimate of drug-likeness (QED) is 0.695. The Morgan fingerprint density at radius 3 is 2.60 bits per heavy atom. The Kier molecular flexibility index (Phi) is 7.42. The van der Waals surface area contributed by atoms with Gasteiger partial charge in [-0.25, -0.2) is 13.1 Å². The molecule has 1 rings (SSSR count). The van der Waals surface area contributed by atoms with Crippen molar-refractivity contribution in [1.82, 2.24) is 4.72 Å². The van der Waals surface area contributed by atoms with Gasteiger partial charge in [0, 0.05) is 31.1 Å². The molecule has 0 aliphatic carbocycles. The molecule has 114 valence electrons. The first-order valence-electron chi connectivity index (χ1n) is 5.80. The molecule has 0 aliphatic rings. The standard InChI is InChI=1S/C12H17BrClNO4S/c1-18-8-10(19-2)7-15-20(16,17)12-4-3-9(6-14)5-11(12)13/h3-5,10,15H,6-8H2,1-2H3. The van der Waals surface area contributed by atoms with Crippen molar-refractivity contribution in [1.29, 1.82) is 0 Å². The van der Waals surface area contributed by atoms with Crippen LogP contribution in [-0.2, 0) is 25.4 Å². The van der Waals surface area contributed by atoms with Crippen molar-refractivity contribution >= 4 is 37.6 Å². The number of halogens is 2. The van der Waals surface area contributed by atoms with Gasteiger partial charge in [-0.3, -0.25) is 0 Å². The molecule has 1 aromatic carbocycles. The van der Waals surface area contributed by atoms with Crippen molar-refractivity contribution in [2.24, 2.45) is 0 Å². The second-order valence-corrected chi connectivity index (χ2v) is 6.92. The Bertz CT molecular complexity index is 538. The smallest absolute Gasteiger partial charge is 0.241 e. The third-order valence-electron chi connectivity index (χ3n) is 2.63. The molecule has 8 heteroatoms. The largest absolute Gasteiger partial charge is 0.382 e. The van der Waals surface area contributed by atoms with E-state index in [1.165, 1.54) is 20.3 Å². The van der Waals surface area contributed by atoms with Crippen molar-refractivity contribution < 1.29 is 17.9 Å². The summed E-state index contributed by atoms with van der Waals surface area (Å²) in [5.74, 6) is 0.325. The minimum absolute atomic E-state index is 0.135. The number of alkyl halides is 1. The van der Waals surface area contributed by atoms with E-state index < -0.39 is 10.0 Å². The van der Waals surface area contributed by atoms with E-state index >= 15 is 0 Å². The molecular weight excluding hydrogens is 370 g/mol. The van der Waals surface area contributed by atoms with Gasteiger partial charge in [0.1, 0.15) is 0 Å². The van der Waals surface area contributed by atoms with Crippen molar-refractivity contribution in [3.05, 3.63) is 28.2 Å². The monoisotopic (exact) mass is 385 g/mol. The number of ether oxygens (including phenoxy) is 2. The average Bonchev–Trinajstić information content (AvgIpc) is 2.42. The molecule has 0 fully saturated rings. The molecule has 0 radical (unpaired) electrons. The first-order valence-corrected chi connectivity index (χ1v) is 8.61. The van der Waals surface area contributed by atoms with Gasteiger partial charge in [0.2, 0.25) is 10.0 Å². The SMILES string of the molecule is COCC(CNS(=O)(=O)c1ccc(CCl)cc1Br)OC. The number of sulfonamides is 1. The molecule has 20 heavy (non-hydrogen) atoms. The lowest BCUT2D eigenvalue weighted by Crippen LogP contribution is -2.35. The van der Waals surface area contributed by atoms with Crippen LogP contribution in [0.2, 0.25) is 0 Å². The van der Waals surface area contributed by atoms with Gasteiger partial charge in [-0.05, 0) is 33.6 Å². The van der Waals surface area contributed by atoms with Gasteiger partial charge in [-0.2, -0.15) is 0 Å². The van der Waals surface area contributed by atoms with Crippen LogP contribution in [0.4, 0.5) is 0 Å². The Morgan fingerprint density at radius 1 is 1.40 bits per heavy atom. The van der Waals surface area contributed by atoms with Gasteiger partial charge in [0.25, 0.3) is 0 Å². The lowest BCUT2D eigenvalue weighted by Gasteiger charge is -2.15. The summed E-state index contributed by atoms with van der Waals surface area (Å²) in [5.41, 5.74) is 0.839. The fourth-order valence-corrected chi connectivity index (χ4v) is 3.88. The minimum Gasteiger partial charge on any atom is -0.382 e. The van der Waals surface area contributed by atoms with Crippen LogP contribution in [0.3, 0.4) is 0 Å². The van der Waals surface area contributed by atoms with Gasteiger partial charge in [0.15, 0.2) is 0 Å². The number of nitrogens with one attached hydrogen (secondary N) is 1. The maximum Gasteiger partial charge on any atom is 0.241 e. The highest BCUT2D eigenvalue weighted by atomic mass is 79.9. The third kappa shape index (κ3) is 4.98. The molecule has 1 N–H and O–H groups in total. The maximum absolute atomic E-state index is 12.2. The minimum atomic E-state index is -3.61. The number of methoxy groups -OCH3 is 2. The fraction of sp³-hybridized carbons (Fsp3) is 0.500. The van der Waals surface area contributed by atoms with Crippen molar-refractivity contribution in [3.63, 3.8) is 0 Å². The van der Waals surface area contributed by atoms with Crippen LogP contribution in [0.25, 0.3) is 0 Å². The molecule has 0 heterocycles. The highest BCUT2D eigenvalue weighted by Gasteiger charge is 2.19. The summed E-state index contributed by atoms with van der Waals surface area (Å²) in [4.78, 5) is 0.165. The Morgan fingerprint density at radius 2 is 2.10 bits per heavy atom. The van der Waals surface area contributed by atoms with Gasteiger partial charge >= 0.3 is 0 Å². The Balaban J connectivity index is 2.83. The van der Waals surface area contributed by atoms with Crippen LogP contribution in [0.15, 0.2) is 27.6 Å². The fourth-order valence-electron chi connectivity index (χ4n) is 1.52. The highest BCUT2D eigenvalue weighted by Crippen LogP contribution is 2.23. The van der Waals surface area contributed by atoms with E-state index in [0.717, 1.165) is 5.56 Å². The first kappa shape index (κ1) is 17.9. The number of hydrogen-bond acceptors (Lipinski definition) is 4. The molecule has 1 unspecified atom stereocenters. The zero-order valence-electron chi connectivity index (χ0n) is 11.2. The van der Waals surface area contributed by atoms with Crippen LogP contribution in [-0.4, -0.2) is 41.9 Å².